The minimum absolute atomic E-state index is 0.0472. The van der Waals surface area contributed by atoms with E-state index in [-0.39, 0.29) is 17.0 Å². The van der Waals surface area contributed by atoms with Gasteiger partial charge in [0.2, 0.25) is 0 Å². The minimum atomic E-state index is -3.77. The first-order chi connectivity index (χ1) is 12.5. The molecule has 26 heavy (non-hydrogen) atoms. The van der Waals surface area contributed by atoms with Gasteiger partial charge >= 0.3 is 0 Å². The minimum Gasteiger partial charge on any atom is -0.545 e. The predicted molar refractivity (Wildman–Crippen MR) is 97.0 cm³/mol. The fourth-order valence-electron chi connectivity index (χ4n) is 2.54. The van der Waals surface area contributed by atoms with Crippen LogP contribution in [0.1, 0.15) is 15.9 Å². The maximum absolute atomic E-state index is 13.1. The molecule has 0 N–H and O–H groups in total. The van der Waals surface area contributed by atoms with E-state index in [0.29, 0.717) is 11.3 Å². The smallest absolute Gasteiger partial charge is 0.264 e. The molecule has 0 radical (unpaired) electrons. The zero-order valence-corrected chi connectivity index (χ0v) is 14.6. The summed E-state index contributed by atoms with van der Waals surface area (Å²) in [4.78, 5) is 11.1. The van der Waals surface area contributed by atoms with Crippen molar-refractivity contribution in [2.75, 3.05) is 4.31 Å². The van der Waals surface area contributed by atoms with Gasteiger partial charge in [-0.2, -0.15) is 0 Å². The molecule has 0 bridgehead atoms. The molecule has 0 aliphatic heterocycles. The Morgan fingerprint density at radius 1 is 0.808 bits per heavy atom. The van der Waals surface area contributed by atoms with Crippen LogP contribution in [0.5, 0.6) is 0 Å². The van der Waals surface area contributed by atoms with E-state index in [2.05, 4.69) is 0 Å². The van der Waals surface area contributed by atoms with Gasteiger partial charge in [0.05, 0.1) is 23.1 Å². The van der Waals surface area contributed by atoms with Crippen molar-refractivity contribution in [1.29, 1.82) is 0 Å². The van der Waals surface area contributed by atoms with Crippen molar-refractivity contribution in [3.8, 4) is 0 Å². The number of hydrogen-bond donors (Lipinski definition) is 0. The zero-order chi connectivity index (χ0) is 18.6. The molecule has 132 valence electrons. The van der Waals surface area contributed by atoms with Crippen LogP contribution < -0.4 is 9.41 Å². The zero-order valence-electron chi connectivity index (χ0n) is 13.8. The Bertz CT molecular complexity index is 985. The number of aromatic carboxylic acids is 1. The number of sulfonamides is 1. The highest BCUT2D eigenvalue weighted by Crippen LogP contribution is 2.25. The normalized spacial score (nSPS) is 11.1. The highest BCUT2D eigenvalue weighted by molar-refractivity contribution is 7.92. The quantitative estimate of drug-likeness (QED) is 0.671. The lowest BCUT2D eigenvalue weighted by Crippen LogP contribution is -2.30. The number of benzene rings is 3. The molecule has 0 saturated carbocycles. The summed E-state index contributed by atoms with van der Waals surface area (Å²) in [6.45, 7) is 0.0779. The summed E-state index contributed by atoms with van der Waals surface area (Å²) in [7, 11) is -3.77. The van der Waals surface area contributed by atoms with E-state index in [9.17, 15) is 18.3 Å². The third-order valence-corrected chi connectivity index (χ3v) is 5.68. The van der Waals surface area contributed by atoms with E-state index in [1.54, 1.807) is 66.7 Å². The molecule has 0 aliphatic rings. The molecule has 3 aromatic rings. The maximum atomic E-state index is 13.1. The second-order valence-corrected chi connectivity index (χ2v) is 7.51. The number of carbonyl (C=O) groups excluding carboxylic acids is 1. The molecule has 0 fully saturated rings. The fourth-order valence-corrected chi connectivity index (χ4v) is 4.01. The van der Waals surface area contributed by atoms with Gasteiger partial charge in [-0.1, -0.05) is 60.7 Å². The van der Waals surface area contributed by atoms with Crippen LogP contribution >= 0.6 is 0 Å². The van der Waals surface area contributed by atoms with E-state index in [0.717, 1.165) is 0 Å². The van der Waals surface area contributed by atoms with E-state index < -0.39 is 16.0 Å². The van der Waals surface area contributed by atoms with Gasteiger partial charge in [-0.15, -0.1) is 0 Å². The first-order valence-electron chi connectivity index (χ1n) is 7.91. The summed E-state index contributed by atoms with van der Waals surface area (Å²) < 4.78 is 27.6. The molecule has 0 saturated heterocycles. The number of hydrogen-bond acceptors (Lipinski definition) is 4. The second kappa shape index (κ2) is 7.41. The van der Waals surface area contributed by atoms with Crippen LogP contribution in [0.2, 0.25) is 0 Å². The van der Waals surface area contributed by atoms with E-state index in [1.807, 2.05) is 6.07 Å². The summed E-state index contributed by atoms with van der Waals surface area (Å²) in [5.74, 6) is -1.27. The first-order valence-corrected chi connectivity index (χ1v) is 9.35. The van der Waals surface area contributed by atoms with E-state index >= 15 is 0 Å². The molecule has 0 aromatic heterocycles. The lowest BCUT2D eigenvalue weighted by Gasteiger charge is -2.25. The molecule has 3 rings (SSSR count). The van der Waals surface area contributed by atoms with Gasteiger partial charge < -0.3 is 9.90 Å². The number of carboxylic acids is 1. The largest absolute Gasteiger partial charge is 0.545 e. The number of anilines is 1. The van der Waals surface area contributed by atoms with Gasteiger partial charge in [-0.25, -0.2) is 8.42 Å². The molecule has 0 amide bonds. The summed E-state index contributed by atoms with van der Waals surface area (Å²) in [6, 6.07) is 23.0. The molecule has 5 nitrogen and oxygen atoms in total. The first kappa shape index (κ1) is 17.7. The lowest BCUT2D eigenvalue weighted by atomic mass is 10.1. The highest BCUT2D eigenvalue weighted by Gasteiger charge is 2.24. The maximum Gasteiger partial charge on any atom is 0.264 e. The van der Waals surface area contributed by atoms with Crippen molar-refractivity contribution in [2.24, 2.45) is 0 Å². The van der Waals surface area contributed by atoms with Crippen molar-refractivity contribution in [2.45, 2.75) is 11.4 Å². The Kier molecular flexibility index (Phi) is 5.04. The average Bonchev–Trinajstić information content (AvgIpc) is 2.67. The third kappa shape index (κ3) is 3.75. The lowest BCUT2D eigenvalue weighted by molar-refractivity contribution is -0.255. The van der Waals surface area contributed by atoms with Crippen LogP contribution in [0.4, 0.5) is 5.69 Å². The summed E-state index contributed by atoms with van der Waals surface area (Å²) in [5, 5.41) is 10.9. The average molecular weight is 366 g/mol. The molecule has 0 aliphatic carbocycles. The Morgan fingerprint density at radius 3 is 1.88 bits per heavy atom. The fraction of sp³-hybridized carbons (Fsp3) is 0.0500. The van der Waals surface area contributed by atoms with Gasteiger partial charge in [0.15, 0.2) is 0 Å². The Balaban J connectivity index is 2.01. The van der Waals surface area contributed by atoms with Crippen LogP contribution in [-0.2, 0) is 16.6 Å². The van der Waals surface area contributed by atoms with Crippen molar-refractivity contribution >= 4 is 21.7 Å². The SMILES string of the molecule is O=C([O-])c1ccc(CN(c2ccccc2)S(=O)(=O)c2ccccc2)cc1. The standard InChI is InChI=1S/C20H17NO4S/c22-20(23)17-13-11-16(12-14-17)15-21(18-7-3-1-4-8-18)26(24,25)19-9-5-2-6-10-19/h1-14H,15H2,(H,22,23)/p-1. The summed E-state index contributed by atoms with van der Waals surface area (Å²) >= 11 is 0. The van der Waals surface area contributed by atoms with Crippen molar-refractivity contribution in [3.05, 3.63) is 96.1 Å². The Labute approximate surface area is 152 Å². The van der Waals surface area contributed by atoms with Crippen LogP contribution in [0.15, 0.2) is 89.8 Å². The summed E-state index contributed by atoms with van der Waals surface area (Å²) in [6.07, 6.45) is 0. The number of nitrogens with zero attached hydrogens (tertiary/aromatic N) is 1. The van der Waals surface area contributed by atoms with Gasteiger partial charge in [-0.05, 0) is 35.4 Å². The molecule has 6 heteroatoms. The van der Waals surface area contributed by atoms with Crippen LogP contribution in [-0.4, -0.2) is 14.4 Å². The summed E-state index contributed by atoms with van der Waals surface area (Å²) in [5.41, 5.74) is 1.24. The van der Waals surface area contributed by atoms with Gasteiger partial charge in [0.25, 0.3) is 10.0 Å². The Morgan fingerprint density at radius 2 is 1.35 bits per heavy atom. The van der Waals surface area contributed by atoms with Gasteiger partial charge in [0, 0.05) is 0 Å². The number of carboxylic acid groups (broad SMARTS) is 1. The van der Waals surface area contributed by atoms with E-state index in [4.69, 9.17) is 0 Å². The molecule has 3 aromatic carbocycles. The molecular formula is C20H16NO4S-. The van der Waals surface area contributed by atoms with Gasteiger partial charge in [0.1, 0.15) is 0 Å². The van der Waals surface area contributed by atoms with Crippen molar-refractivity contribution in [1.82, 2.24) is 0 Å². The van der Waals surface area contributed by atoms with Crippen molar-refractivity contribution in [3.63, 3.8) is 0 Å². The molecule has 0 spiro atoms. The molecular weight excluding hydrogens is 350 g/mol. The highest BCUT2D eigenvalue weighted by atomic mass is 32.2. The number of carbonyl (C=O) groups is 1. The number of rotatable bonds is 6. The van der Waals surface area contributed by atoms with Crippen LogP contribution in [0.3, 0.4) is 0 Å². The van der Waals surface area contributed by atoms with Crippen LogP contribution in [0, 0.1) is 0 Å². The molecule has 0 atom stereocenters. The predicted octanol–water partition coefficient (Wildman–Crippen LogP) is 2.45. The van der Waals surface area contributed by atoms with E-state index in [1.165, 1.54) is 16.4 Å². The second-order valence-electron chi connectivity index (χ2n) is 5.64. The molecule has 0 unspecified atom stereocenters. The molecule has 0 heterocycles. The Hall–Kier alpha value is -3.12. The van der Waals surface area contributed by atoms with Crippen LogP contribution in [0.25, 0.3) is 0 Å². The topological polar surface area (TPSA) is 77.5 Å². The van der Waals surface area contributed by atoms with Crippen molar-refractivity contribution < 1.29 is 18.3 Å². The van der Waals surface area contributed by atoms with Gasteiger partial charge in [-0.3, -0.25) is 4.31 Å². The number of para-hydroxylation sites is 1. The monoisotopic (exact) mass is 366 g/mol. The third-order valence-electron chi connectivity index (χ3n) is 3.89.